The number of ether oxygens (including phenoxy) is 4. The van der Waals surface area contributed by atoms with Gasteiger partial charge < -0.3 is 49.6 Å². The highest BCUT2D eigenvalue weighted by Gasteiger charge is 2.16. The van der Waals surface area contributed by atoms with Crippen LogP contribution in [0.15, 0.2) is 36.4 Å². The van der Waals surface area contributed by atoms with E-state index in [2.05, 4.69) is 0 Å². The maximum absolute atomic E-state index is 11.9. The van der Waals surface area contributed by atoms with Crippen molar-refractivity contribution in [3.63, 3.8) is 0 Å². The summed E-state index contributed by atoms with van der Waals surface area (Å²) in [7, 11) is 0. The minimum atomic E-state index is -1.14. The molecule has 12 nitrogen and oxygen atoms in total. The summed E-state index contributed by atoms with van der Waals surface area (Å²) in [4.78, 5) is 23.8. The molecule has 0 spiro atoms. The van der Waals surface area contributed by atoms with Crippen LogP contribution in [0.1, 0.15) is 27.6 Å². The first-order valence-corrected chi connectivity index (χ1v) is 10.5. The second-order valence-electron chi connectivity index (χ2n) is 7.66. The number of phenolic OH excluding ortho intramolecular Hbond substituents is 4. The van der Waals surface area contributed by atoms with Crippen molar-refractivity contribution >= 4 is 11.9 Å². The molecule has 2 aromatic carbocycles. The Morgan fingerprint density at radius 2 is 1.06 bits per heavy atom. The highest BCUT2D eigenvalue weighted by atomic mass is 16.6. The molecule has 0 amide bonds. The van der Waals surface area contributed by atoms with Crippen molar-refractivity contribution in [2.75, 3.05) is 33.0 Å². The molecule has 0 fully saturated rings. The third-order valence-corrected chi connectivity index (χ3v) is 4.33. The smallest absolute Gasteiger partial charge is 0.338 e. The van der Waals surface area contributed by atoms with Crippen LogP contribution in [0.3, 0.4) is 0 Å². The average Bonchev–Trinajstić information content (AvgIpc) is 2.78. The lowest BCUT2D eigenvalue weighted by Gasteiger charge is -2.18. The Kier molecular flexibility index (Phi) is 10.5. The van der Waals surface area contributed by atoms with E-state index in [1.54, 1.807) is 6.92 Å². The lowest BCUT2D eigenvalue weighted by molar-refractivity contribution is -0.0702. The van der Waals surface area contributed by atoms with Gasteiger partial charge in [-0.3, -0.25) is 0 Å². The van der Waals surface area contributed by atoms with Gasteiger partial charge in [0.25, 0.3) is 0 Å². The Bertz CT molecular complexity index is 952. The highest BCUT2D eigenvalue weighted by Crippen LogP contribution is 2.22. The van der Waals surface area contributed by atoms with Crippen LogP contribution >= 0.6 is 0 Å². The number of aliphatic hydroxyl groups excluding tert-OH is 2. The first-order valence-electron chi connectivity index (χ1n) is 10.5. The number of aliphatic hydroxyl groups is 2. The van der Waals surface area contributed by atoms with Gasteiger partial charge in [-0.15, -0.1) is 0 Å². The van der Waals surface area contributed by atoms with Crippen molar-refractivity contribution in [1.82, 2.24) is 0 Å². The number of hydrogen-bond acceptors (Lipinski definition) is 12. The number of rotatable bonds is 13. The fraction of sp³-hybridized carbons (Fsp3) is 0.391. The van der Waals surface area contributed by atoms with Gasteiger partial charge in [-0.2, -0.15) is 0 Å². The van der Waals surface area contributed by atoms with Crippen LogP contribution in [0.25, 0.3) is 0 Å². The van der Waals surface area contributed by atoms with E-state index >= 15 is 0 Å². The number of benzene rings is 2. The van der Waals surface area contributed by atoms with Crippen molar-refractivity contribution in [2.24, 2.45) is 0 Å². The zero-order valence-corrected chi connectivity index (χ0v) is 18.9. The van der Waals surface area contributed by atoms with Crippen LogP contribution < -0.4 is 0 Å². The van der Waals surface area contributed by atoms with Crippen molar-refractivity contribution in [1.29, 1.82) is 0 Å². The first-order chi connectivity index (χ1) is 16.5. The lowest BCUT2D eigenvalue weighted by atomic mass is 10.2. The van der Waals surface area contributed by atoms with Gasteiger partial charge in [-0.05, 0) is 31.2 Å². The predicted octanol–water partition coefficient (Wildman–Crippen LogP) is 0.666. The molecule has 0 radical (unpaired) electrons. The summed E-state index contributed by atoms with van der Waals surface area (Å²) in [5.74, 6) is -2.93. The standard InChI is InChI=1S/C23H28O12/c1-13(33-10-21(29)12-35-23(31)15-4-18(26)7-19(27)5-15)8-32-9-20(28)11-34-22(30)14-2-16(24)6-17(25)3-14/h2-7,13,20-21,24-29H,8-12H2,1H3. The number of esters is 2. The number of carbonyl (C=O) groups excluding carboxylic acids is 2. The summed E-state index contributed by atoms with van der Waals surface area (Å²) < 4.78 is 20.5. The van der Waals surface area contributed by atoms with Gasteiger partial charge in [0, 0.05) is 12.1 Å². The Hall–Kier alpha value is -3.58. The molecule has 0 aliphatic rings. The van der Waals surface area contributed by atoms with Crippen molar-refractivity contribution < 1.29 is 59.2 Å². The third-order valence-electron chi connectivity index (χ3n) is 4.33. The fourth-order valence-corrected chi connectivity index (χ4v) is 2.73. The van der Waals surface area contributed by atoms with E-state index in [0.717, 1.165) is 36.4 Å². The summed E-state index contributed by atoms with van der Waals surface area (Å²) in [5.41, 5.74) is -0.163. The van der Waals surface area contributed by atoms with Crippen LogP contribution in [-0.2, 0) is 18.9 Å². The number of carbonyl (C=O) groups is 2. The van der Waals surface area contributed by atoms with Gasteiger partial charge in [-0.1, -0.05) is 0 Å². The van der Waals surface area contributed by atoms with Gasteiger partial charge in [0.1, 0.15) is 48.4 Å². The van der Waals surface area contributed by atoms with Crippen molar-refractivity contribution in [3.8, 4) is 23.0 Å². The van der Waals surface area contributed by atoms with Gasteiger partial charge in [0.05, 0.1) is 37.1 Å². The van der Waals surface area contributed by atoms with E-state index in [1.165, 1.54) is 0 Å². The number of hydrogen-bond donors (Lipinski definition) is 6. The van der Waals surface area contributed by atoms with Crippen LogP contribution in [0, 0.1) is 0 Å². The Balaban J connectivity index is 1.60. The monoisotopic (exact) mass is 496 g/mol. The second-order valence-corrected chi connectivity index (χ2v) is 7.66. The number of phenols is 4. The molecule has 35 heavy (non-hydrogen) atoms. The van der Waals surface area contributed by atoms with E-state index in [0.29, 0.717) is 0 Å². The van der Waals surface area contributed by atoms with E-state index in [4.69, 9.17) is 18.9 Å². The third kappa shape index (κ3) is 10.1. The van der Waals surface area contributed by atoms with Crippen molar-refractivity contribution in [3.05, 3.63) is 47.5 Å². The maximum atomic E-state index is 11.9. The molecule has 0 aromatic heterocycles. The molecule has 192 valence electrons. The molecular formula is C23H28O12. The van der Waals surface area contributed by atoms with Gasteiger partial charge >= 0.3 is 11.9 Å². The second kappa shape index (κ2) is 13.3. The van der Waals surface area contributed by atoms with Gasteiger partial charge in [0.2, 0.25) is 0 Å². The molecule has 0 bridgehead atoms. The summed E-state index contributed by atoms with van der Waals surface area (Å²) in [5, 5.41) is 57.3. The fourth-order valence-electron chi connectivity index (χ4n) is 2.73. The molecule has 12 heteroatoms. The molecule has 2 rings (SSSR count). The summed E-state index contributed by atoms with van der Waals surface area (Å²) >= 11 is 0. The minimum absolute atomic E-state index is 0.0422. The van der Waals surface area contributed by atoms with Crippen molar-refractivity contribution in [2.45, 2.75) is 25.2 Å². The lowest BCUT2D eigenvalue weighted by Crippen LogP contribution is -2.29. The molecule has 6 N–H and O–H groups in total. The van der Waals surface area contributed by atoms with Crippen LogP contribution in [0.5, 0.6) is 23.0 Å². The van der Waals surface area contributed by atoms with Crippen LogP contribution in [-0.4, -0.2) is 93.9 Å². The van der Waals surface area contributed by atoms with E-state index in [9.17, 15) is 40.2 Å². The molecule has 0 heterocycles. The molecule has 2 aromatic rings. The normalized spacial score (nSPS) is 13.6. The molecular weight excluding hydrogens is 468 g/mol. The predicted molar refractivity (Wildman–Crippen MR) is 118 cm³/mol. The summed E-state index contributed by atoms with van der Waals surface area (Å²) in [6, 6.07) is 6.54. The SMILES string of the molecule is CC(COCC(O)COC(=O)c1cc(O)cc(O)c1)OCC(O)COC(=O)c1cc(O)cc(O)c1. The minimum Gasteiger partial charge on any atom is -0.508 e. The van der Waals surface area contributed by atoms with E-state index in [-0.39, 0.29) is 67.2 Å². The largest absolute Gasteiger partial charge is 0.508 e. The zero-order chi connectivity index (χ0) is 26.0. The zero-order valence-electron chi connectivity index (χ0n) is 18.9. The van der Waals surface area contributed by atoms with Gasteiger partial charge in [0.15, 0.2) is 0 Å². The van der Waals surface area contributed by atoms with Crippen LogP contribution in [0.4, 0.5) is 0 Å². The quantitative estimate of drug-likeness (QED) is 0.213. The number of aromatic hydroxyl groups is 4. The molecule has 0 aliphatic carbocycles. The Morgan fingerprint density at radius 1 is 0.657 bits per heavy atom. The molecule has 0 saturated carbocycles. The van der Waals surface area contributed by atoms with E-state index in [1.807, 2.05) is 0 Å². The van der Waals surface area contributed by atoms with E-state index < -0.39 is 30.3 Å². The maximum Gasteiger partial charge on any atom is 0.338 e. The Labute approximate surface area is 200 Å². The first kappa shape index (κ1) is 27.7. The molecule has 0 aliphatic heterocycles. The Morgan fingerprint density at radius 3 is 1.49 bits per heavy atom. The molecule has 3 atom stereocenters. The summed E-state index contributed by atoms with van der Waals surface area (Å²) in [6.07, 6.45) is -2.78. The van der Waals surface area contributed by atoms with Gasteiger partial charge in [-0.25, -0.2) is 9.59 Å². The topological polar surface area (TPSA) is 192 Å². The molecule has 3 unspecified atom stereocenters. The average molecular weight is 496 g/mol. The summed E-state index contributed by atoms with van der Waals surface area (Å²) in [6.45, 7) is 0.564. The molecule has 0 saturated heterocycles. The highest BCUT2D eigenvalue weighted by molar-refractivity contribution is 5.91. The van der Waals surface area contributed by atoms with Crippen LogP contribution in [0.2, 0.25) is 0 Å².